The average Bonchev–Trinajstić information content (AvgIpc) is 2.04. The van der Waals surface area contributed by atoms with Gasteiger partial charge >= 0.3 is 0 Å². The Morgan fingerprint density at radius 2 is 2.36 bits per heavy atom. The number of rotatable bonds is 4. The molecule has 2 nitrogen and oxygen atoms in total. The average molecular weight is 193 g/mol. The highest BCUT2D eigenvalue weighted by atomic mass is 32.2. The Bertz CT molecular complexity index is 151. The van der Waals surface area contributed by atoms with Crippen molar-refractivity contribution >= 4 is 23.8 Å². The van der Waals surface area contributed by atoms with Crippen molar-refractivity contribution in [3.63, 3.8) is 0 Å². The molecule has 0 aromatic rings. The number of aliphatic hydroxyl groups is 1. The number of thiol groups is 1. The molecule has 0 aliphatic carbocycles. The maximum absolute atomic E-state index is 9.19. The van der Waals surface area contributed by atoms with Gasteiger partial charge in [0.2, 0.25) is 0 Å². The predicted molar refractivity (Wildman–Crippen MR) is 54.2 cm³/mol. The van der Waals surface area contributed by atoms with Crippen LogP contribution in [0.15, 0.2) is 0 Å². The smallest absolute Gasteiger partial charge is 0.165 e. The van der Waals surface area contributed by atoms with Crippen molar-refractivity contribution in [3.8, 4) is 5.18 Å². The molecule has 0 fully saturated rings. The normalized spacial score (nSPS) is 18.5. The van der Waals surface area contributed by atoms with Crippen molar-refractivity contribution < 1.29 is 5.11 Å². The van der Waals surface area contributed by atoms with E-state index in [1.807, 2.05) is 14.0 Å². The van der Waals surface area contributed by atoms with Crippen molar-refractivity contribution in [3.05, 3.63) is 0 Å². The second-order valence-electron chi connectivity index (χ2n) is 2.43. The first-order chi connectivity index (χ1) is 5.08. The fourth-order valence-corrected chi connectivity index (χ4v) is 1.58. The molecule has 11 heavy (non-hydrogen) atoms. The lowest BCUT2D eigenvalue weighted by Crippen LogP contribution is -2.37. The van der Waals surface area contributed by atoms with Crippen LogP contribution >= 0.6 is 23.8 Å². The molecule has 0 spiro atoms. The second kappa shape index (κ2) is 5.01. The third kappa shape index (κ3) is 3.99. The molecule has 0 saturated carbocycles. The third-order valence-electron chi connectivity index (χ3n) is 1.69. The van der Waals surface area contributed by atoms with Crippen LogP contribution in [0.4, 0.5) is 0 Å². The van der Waals surface area contributed by atoms with Crippen molar-refractivity contribution in [1.29, 1.82) is 0 Å². The van der Waals surface area contributed by atoms with Gasteiger partial charge in [-0.15, -0.1) is 12.0 Å². The maximum atomic E-state index is 9.19. The van der Waals surface area contributed by atoms with Crippen molar-refractivity contribution in [2.24, 2.45) is 0 Å². The Hall–Kier alpha value is 0.270. The van der Waals surface area contributed by atoms with Crippen molar-refractivity contribution in [1.82, 2.24) is 5.32 Å². The number of nitrogens with one attached hydrogen (secondary N) is 1. The predicted octanol–water partition coefficient (Wildman–Crippen LogP) is 1.27. The highest BCUT2D eigenvalue weighted by molar-refractivity contribution is 8.01. The molecule has 2 atom stereocenters. The van der Waals surface area contributed by atoms with Gasteiger partial charge in [0.25, 0.3) is 0 Å². The van der Waals surface area contributed by atoms with E-state index in [0.29, 0.717) is 0 Å². The molecule has 0 saturated heterocycles. The van der Waals surface area contributed by atoms with Crippen LogP contribution in [0.1, 0.15) is 20.3 Å². The SMILES string of the molecule is CCC(C)(NC)SC(O)C#[SH]. The fourth-order valence-electron chi connectivity index (χ4n) is 0.592. The van der Waals surface area contributed by atoms with Gasteiger partial charge in [0.1, 0.15) is 0 Å². The van der Waals surface area contributed by atoms with E-state index in [-0.39, 0.29) is 4.87 Å². The molecule has 0 bridgehead atoms. The van der Waals surface area contributed by atoms with Gasteiger partial charge in [-0.05, 0) is 20.4 Å². The summed E-state index contributed by atoms with van der Waals surface area (Å²) < 4.78 is 0. The van der Waals surface area contributed by atoms with E-state index in [1.54, 1.807) is 0 Å². The molecule has 0 radical (unpaired) electrons. The summed E-state index contributed by atoms with van der Waals surface area (Å²) in [5.41, 5.74) is -0.629. The van der Waals surface area contributed by atoms with Crippen LogP contribution in [0.5, 0.6) is 0 Å². The summed E-state index contributed by atoms with van der Waals surface area (Å²) in [4.78, 5) is -0.0881. The molecule has 0 heterocycles. The van der Waals surface area contributed by atoms with Crippen LogP contribution in [0.3, 0.4) is 0 Å². The molecule has 0 aliphatic rings. The quantitative estimate of drug-likeness (QED) is 0.464. The van der Waals surface area contributed by atoms with Crippen LogP contribution in [0.25, 0.3) is 0 Å². The highest BCUT2D eigenvalue weighted by Gasteiger charge is 2.22. The van der Waals surface area contributed by atoms with Gasteiger partial charge in [0.15, 0.2) is 5.44 Å². The standard InChI is InChI=1S/C7H15NOS2/c1-4-7(2,8-3)11-6(9)5-10/h6,8-10H,4H2,1-3H3. The maximum Gasteiger partial charge on any atom is 0.165 e. The molecular weight excluding hydrogens is 178 g/mol. The van der Waals surface area contributed by atoms with E-state index in [9.17, 15) is 5.11 Å². The van der Waals surface area contributed by atoms with Gasteiger partial charge in [-0.25, -0.2) is 0 Å². The fraction of sp³-hybridized carbons (Fsp3) is 0.857. The molecule has 0 amide bonds. The van der Waals surface area contributed by atoms with E-state index in [0.717, 1.165) is 6.42 Å². The monoisotopic (exact) mass is 193 g/mol. The number of thioether (sulfide) groups is 1. The molecule has 2 unspecified atom stereocenters. The molecular formula is C7H15NOS2. The lowest BCUT2D eigenvalue weighted by Gasteiger charge is -2.27. The Labute approximate surface area is 77.4 Å². The van der Waals surface area contributed by atoms with Crippen LogP contribution in [-0.4, -0.2) is 22.5 Å². The summed E-state index contributed by atoms with van der Waals surface area (Å²) in [5.74, 6) is 0. The zero-order valence-corrected chi connectivity index (χ0v) is 8.80. The largest absolute Gasteiger partial charge is 0.371 e. The lowest BCUT2D eigenvalue weighted by molar-refractivity contribution is 0.315. The minimum atomic E-state index is -0.629. The summed E-state index contributed by atoms with van der Waals surface area (Å²) in [5, 5.41) is 14.8. The van der Waals surface area contributed by atoms with Crippen LogP contribution in [0, 0.1) is 5.18 Å². The van der Waals surface area contributed by atoms with Gasteiger partial charge in [-0.1, -0.05) is 23.9 Å². The summed E-state index contributed by atoms with van der Waals surface area (Å²) in [6.07, 6.45) is 0.945. The van der Waals surface area contributed by atoms with Gasteiger partial charge in [-0.3, -0.25) is 0 Å². The van der Waals surface area contributed by atoms with Gasteiger partial charge in [0.05, 0.1) is 4.87 Å². The molecule has 4 heteroatoms. The second-order valence-corrected chi connectivity index (χ2v) is 4.28. The minimum absolute atomic E-state index is 0.0881. The first-order valence-corrected chi connectivity index (χ1v) is 4.85. The molecule has 2 N–H and O–H groups in total. The molecule has 0 aromatic heterocycles. The molecule has 0 rings (SSSR count). The summed E-state index contributed by atoms with van der Waals surface area (Å²) >= 11 is 5.16. The van der Waals surface area contributed by atoms with Crippen LogP contribution < -0.4 is 5.32 Å². The van der Waals surface area contributed by atoms with Gasteiger partial charge in [0, 0.05) is 0 Å². The summed E-state index contributed by atoms with van der Waals surface area (Å²) in [7, 11) is 1.88. The summed E-state index contributed by atoms with van der Waals surface area (Å²) in [6.45, 7) is 4.10. The van der Waals surface area contributed by atoms with Gasteiger partial charge < -0.3 is 10.4 Å². The van der Waals surface area contributed by atoms with Crippen molar-refractivity contribution in [2.75, 3.05) is 7.05 Å². The first kappa shape index (κ1) is 11.3. The van der Waals surface area contributed by atoms with Crippen LogP contribution in [-0.2, 0) is 0 Å². The van der Waals surface area contributed by atoms with E-state index >= 15 is 0 Å². The van der Waals surface area contributed by atoms with E-state index in [4.69, 9.17) is 0 Å². The first-order valence-electron chi connectivity index (χ1n) is 3.52. The summed E-state index contributed by atoms with van der Waals surface area (Å²) in [6, 6.07) is 0. The number of hydrogen-bond acceptors (Lipinski definition) is 3. The van der Waals surface area contributed by atoms with Gasteiger partial charge in [-0.2, -0.15) is 0 Å². The highest BCUT2D eigenvalue weighted by Crippen LogP contribution is 2.27. The van der Waals surface area contributed by atoms with Crippen molar-refractivity contribution in [2.45, 2.75) is 30.6 Å². The number of hydrogen-bond donors (Lipinski definition) is 3. The molecule has 66 valence electrons. The third-order valence-corrected chi connectivity index (χ3v) is 3.46. The topological polar surface area (TPSA) is 32.3 Å². The number of aliphatic hydroxyl groups excluding tert-OH is 1. The molecule has 0 aromatic carbocycles. The van der Waals surface area contributed by atoms with Crippen LogP contribution in [0.2, 0.25) is 0 Å². The molecule has 0 aliphatic heterocycles. The van der Waals surface area contributed by atoms with E-state index < -0.39 is 5.44 Å². The van der Waals surface area contributed by atoms with E-state index in [2.05, 4.69) is 29.5 Å². The Morgan fingerprint density at radius 1 is 1.82 bits per heavy atom. The lowest BCUT2D eigenvalue weighted by atomic mass is 10.2. The Morgan fingerprint density at radius 3 is 2.64 bits per heavy atom. The zero-order valence-electron chi connectivity index (χ0n) is 7.09. The Kier molecular flexibility index (Phi) is 5.13. The Balaban J connectivity index is 3.99. The zero-order chi connectivity index (χ0) is 8.91. The van der Waals surface area contributed by atoms with E-state index in [1.165, 1.54) is 11.8 Å². The minimum Gasteiger partial charge on any atom is -0.371 e.